The Morgan fingerprint density at radius 2 is 2.33 bits per heavy atom. The van der Waals surface area contributed by atoms with Crippen LogP contribution in [-0.2, 0) is 6.54 Å². The lowest BCUT2D eigenvalue weighted by molar-refractivity contribution is 0.208. The summed E-state index contributed by atoms with van der Waals surface area (Å²) in [5.74, 6) is 0. The number of aryl methyl sites for hydroxylation is 1. The van der Waals surface area contributed by atoms with E-state index in [4.69, 9.17) is 0 Å². The number of likely N-dealkylation sites (N-methyl/N-ethyl adjacent to an activating group) is 1. The SMILES string of the molecule is CCN(Cc1cc(=O)n2cc(C)ccc2n1)C1CCNC1. The third kappa shape index (κ3) is 2.99. The van der Waals surface area contributed by atoms with Crippen molar-refractivity contribution in [3.05, 3.63) is 46.0 Å². The van der Waals surface area contributed by atoms with Crippen LogP contribution in [0.15, 0.2) is 29.2 Å². The zero-order valence-corrected chi connectivity index (χ0v) is 12.7. The maximum Gasteiger partial charge on any atom is 0.258 e. The molecule has 0 radical (unpaired) electrons. The van der Waals surface area contributed by atoms with Gasteiger partial charge in [-0.2, -0.15) is 0 Å². The first-order chi connectivity index (χ1) is 10.2. The molecule has 0 bridgehead atoms. The minimum atomic E-state index is -0.000648. The maximum atomic E-state index is 12.2. The number of fused-ring (bicyclic) bond motifs is 1. The van der Waals surface area contributed by atoms with Crippen molar-refractivity contribution < 1.29 is 0 Å². The van der Waals surface area contributed by atoms with Crippen LogP contribution < -0.4 is 10.9 Å². The highest BCUT2D eigenvalue weighted by atomic mass is 16.1. The van der Waals surface area contributed by atoms with Crippen molar-refractivity contribution in [1.29, 1.82) is 0 Å². The quantitative estimate of drug-likeness (QED) is 0.917. The van der Waals surface area contributed by atoms with Crippen molar-refractivity contribution >= 4 is 5.65 Å². The van der Waals surface area contributed by atoms with Gasteiger partial charge in [-0.05, 0) is 38.1 Å². The molecule has 0 spiro atoms. The molecule has 1 N–H and O–H groups in total. The van der Waals surface area contributed by atoms with E-state index in [1.807, 2.05) is 25.3 Å². The average Bonchev–Trinajstić information content (AvgIpc) is 2.99. The zero-order chi connectivity index (χ0) is 14.8. The van der Waals surface area contributed by atoms with Gasteiger partial charge in [0.1, 0.15) is 5.65 Å². The van der Waals surface area contributed by atoms with Gasteiger partial charge in [0.05, 0.1) is 5.69 Å². The molecule has 21 heavy (non-hydrogen) atoms. The highest BCUT2D eigenvalue weighted by Crippen LogP contribution is 2.12. The molecule has 2 aromatic rings. The first kappa shape index (κ1) is 14.2. The second kappa shape index (κ2) is 5.95. The van der Waals surface area contributed by atoms with Crippen LogP contribution in [-0.4, -0.2) is 40.0 Å². The Morgan fingerprint density at radius 1 is 1.48 bits per heavy atom. The van der Waals surface area contributed by atoms with Crippen LogP contribution in [0.1, 0.15) is 24.6 Å². The number of pyridine rings is 1. The van der Waals surface area contributed by atoms with Crippen molar-refractivity contribution in [3.8, 4) is 0 Å². The predicted octanol–water partition coefficient (Wildman–Crippen LogP) is 1.19. The van der Waals surface area contributed by atoms with Crippen LogP contribution in [0.4, 0.5) is 0 Å². The van der Waals surface area contributed by atoms with Crippen LogP contribution in [0, 0.1) is 6.92 Å². The first-order valence-electron chi connectivity index (χ1n) is 7.61. The Kier molecular flexibility index (Phi) is 4.03. The Labute approximate surface area is 124 Å². The molecule has 5 heteroatoms. The van der Waals surface area contributed by atoms with Gasteiger partial charge in [-0.25, -0.2) is 4.98 Å². The summed E-state index contributed by atoms with van der Waals surface area (Å²) >= 11 is 0. The van der Waals surface area contributed by atoms with Crippen molar-refractivity contribution in [3.63, 3.8) is 0 Å². The van der Waals surface area contributed by atoms with E-state index in [1.54, 1.807) is 10.5 Å². The van der Waals surface area contributed by atoms with Crippen molar-refractivity contribution in [2.75, 3.05) is 19.6 Å². The van der Waals surface area contributed by atoms with Gasteiger partial charge in [0.25, 0.3) is 5.56 Å². The van der Waals surface area contributed by atoms with Crippen LogP contribution in [0.5, 0.6) is 0 Å². The van der Waals surface area contributed by atoms with Gasteiger partial charge in [0, 0.05) is 31.4 Å². The smallest absolute Gasteiger partial charge is 0.258 e. The molecule has 1 aliphatic rings. The van der Waals surface area contributed by atoms with Gasteiger partial charge < -0.3 is 5.32 Å². The second-order valence-electron chi connectivity index (χ2n) is 5.73. The van der Waals surface area contributed by atoms with Crippen molar-refractivity contribution in [2.45, 2.75) is 32.9 Å². The lowest BCUT2D eigenvalue weighted by atomic mass is 10.2. The molecule has 112 valence electrons. The molecule has 0 aliphatic carbocycles. The minimum Gasteiger partial charge on any atom is -0.315 e. The second-order valence-corrected chi connectivity index (χ2v) is 5.73. The number of rotatable bonds is 4. The standard InChI is InChI=1S/C16H22N4O/c1-3-19(14-6-7-17-9-14)11-13-8-16(21)20-10-12(2)4-5-15(20)18-13/h4-5,8,10,14,17H,3,6-7,9,11H2,1-2H3. The summed E-state index contributed by atoms with van der Waals surface area (Å²) in [6.07, 6.45) is 3.01. The molecule has 2 aromatic heterocycles. The molecular formula is C16H22N4O. The van der Waals surface area contributed by atoms with Crippen LogP contribution >= 0.6 is 0 Å². The van der Waals surface area contributed by atoms with Gasteiger partial charge in [0.2, 0.25) is 0 Å². The Morgan fingerprint density at radius 3 is 3.05 bits per heavy atom. The van der Waals surface area contributed by atoms with Crippen molar-refractivity contribution in [2.24, 2.45) is 0 Å². The van der Waals surface area contributed by atoms with E-state index in [2.05, 4.69) is 22.1 Å². The van der Waals surface area contributed by atoms with E-state index < -0.39 is 0 Å². The molecule has 1 fully saturated rings. The summed E-state index contributed by atoms with van der Waals surface area (Å²) in [5.41, 5.74) is 2.65. The molecule has 1 aliphatic heterocycles. The molecule has 3 heterocycles. The monoisotopic (exact) mass is 286 g/mol. The first-order valence-corrected chi connectivity index (χ1v) is 7.61. The summed E-state index contributed by atoms with van der Waals surface area (Å²) in [6, 6.07) is 6.11. The highest BCUT2D eigenvalue weighted by Gasteiger charge is 2.21. The van der Waals surface area contributed by atoms with Gasteiger partial charge in [-0.15, -0.1) is 0 Å². The summed E-state index contributed by atoms with van der Waals surface area (Å²) in [7, 11) is 0. The predicted molar refractivity (Wildman–Crippen MR) is 83.6 cm³/mol. The molecular weight excluding hydrogens is 264 g/mol. The van der Waals surface area contributed by atoms with Crippen LogP contribution in [0.3, 0.4) is 0 Å². The fourth-order valence-corrected chi connectivity index (χ4v) is 3.00. The number of hydrogen-bond donors (Lipinski definition) is 1. The number of nitrogens with zero attached hydrogens (tertiary/aromatic N) is 3. The lowest BCUT2D eigenvalue weighted by Crippen LogP contribution is -2.36. The molecule has 1 unspecified atom stereocenters. The van der Waals surface area contributed by atoms with Gasteiger partial charge in [-0.3, -0.25) is 14.1 Å². The Bertz CT molecular complexity index is 688. The third-order valence-corrected chi connectivity index (χ3v) is 4.18. The molecule has 3 rings (SSSR count). The van der Waals surface area contributed by atoms with Crippen LogP contribution in [0.2, 0.25) is 0 Å². The van der Waals surface area contributed by atoms with Gasteiger partial charge in [-0.1, -0.05) is 13.0 Å². The summed E-state index contributed by atoms with van der Waals surface area (Å²) in [5, 5.41) is 3.39. The number of aromatic nitrogens is 2. The molecule has 5 nitrogen and oxygen atoms in total. The summed E-state index contributed by atoms with van der Waals surface area (Å²) < 4.78 is 1.62. The van der Waals surface area contributed by atoms with E-state index >= 15 is 0 Å². The maximum absolute atomic E-state index is 12.2. The third-order valence-electron chi connectivity index (χ3n) is 4.18. The highest BCUT2D eigenvalue weighted by molar-refractivity contribution is 5.39. The van der Waals surface area contributed by atoms with E-state index in [0.717, 1.165) is 43.1 Å². The number of hydrogen-bond acceptors (Lipinski definition) is 4. The Balaban J connectivity index is 1.89. The molecule has 0 saturated carbocycles. The molecule has 1 saturated heterocycles. The number of nitrogens with one attached hydrogen (secondary N) is 1. The summed E-state index contributed by atoms with van der Waals surface area (Å²) in [4.78, 5) is 19.3. The largest absolute Gasteiger partial charge is 0.315 e. The molecule has 1 atom stereocenters. The van der Waals surface area contributed by atoms with E-state index in [0.29, 0.717) is 6.04 Å². The van der Waals surface area contributed by atoms with E-state index in [9.17, 15) is 4.79 Å². The fourth-order valence-electron chi connectivity index (χ4n) is 3.00. The fraction of sp³-hybridized carbons (Fsp3) is 0.500. The topological polar surface area (TPSA) is 49.6 Å². The Hall–Kier alpha value is -1.72. The van der Waals surface area contributed by atoms with Crippen molar-refractivity contribution in [1.82, 2.24) is 19.6 Å². The normalized spacial score (nSPS) is 18.7. The van der Waals surface area contributed by atoms with E-state index in [-0.39, 0.29) is 5.56 Å². The molecule has 0 amide bonds. The molecule has 0 aromatic carbocycles. The van der Waals surface area contributed by atoms with Gasteiger partial charge >= 0.3 is 0 Å². The van der Waals surface area contributed by atoms with Gasteiger partial charge in [0.15, 0.2) is 0 Å². The van der Waals surface area contributed by atoms with Crippen LogP contribution in [0.25, 0.3) is 5.65 Å². The summed E-state index contributed by atoms with van der Waals surface area (Å²) in [6.45, 7) is 7.96. The lowest BCUT2D eigenvalue weighted by Gasteiger charge is -2.26. The zero-order valence-electron chi connectivity index (χ0n) is 12.7. The van der Waals surface area contributed by atoms with E-state index in [1.165, 1.54) is 6.42 Å². The average molecular weight is 286 g/mol. The minimum absolute atomic E-state index is 0.000648.